The first-order valence-corrected chi connectivity index (χ1v) is 12.2. The standard InChI is InChI=1S/C25H36O5S/c1-23(2)9-5-7-11-25(22(28)29)12-8-6-10-24(3,4)18-14-19(30-16-21(26)27)17(15-23)13-20(18)31-25/h13-14H,5-12,15-16H2,1-4H3,(H,26,27)(H,28,29)/t25-/m1/s1. The molecule has 6 heteroatoms. The zero-order valence-electron chi connectivity index (χ0n) is 19.3. The molecular weight excluding hydrogens is 412 g/mol. The molecule has 2 heterocycles. The number of fused-ring (bicyclic) bond motifs is 2. The lowest BCUT2D eigenvalue weighted by Gasteiger charge is -2.32. The van der Waals surface area contributed by atoms with Crippen molar-refractivity contribution < 1.29 is 24.5 Å². The summed E-state index contributed by atoms with van der Waals surface area (Å²) in [6.45, 7) is 8.47. The fourth-order valence-electron chi connectivity index (χ4n) is 5.05. The van der Waals surface area contributed by atoms with Crippen molar-refractivity contribution in [3.05, 3.63) is 23.3 Å². The van der Waals surface area contributed by atoms with Gasteiger partial charge in [-0.1, -0.05) is 53.4 Å². The monoisotopic (exact) mass is 448 g/mol. The number of hydrogen-bond acceptors (Lipinski definition) is 4. The molecule has 0 aromatic heterocycles. The second-order valence-electron chi connectivity index (χ2n) is 10.7. The third-order valence-corrected chi connectivity index (χ3v) is 8.45. The predicted octanol–water partition coefficient (Wildman–Crippen LogP) is 6.06. The number of ether oxygens (including phenoxy) is 1. The first-order valence-electron chi connectivity index (χ1n) is 11.4. The number of hydrogen-bond donors (Lipinski definition) is 2. The summed E-state index contributed by atoms with van der Waals surface area (Å²) in [5, 5.41) is 19.5. The van der Waals surface area contributed by atoms with Gasteiger partial charge in [-0.3, -0.25) is 4.79 Å². The highest BCUT2D eigenvalue weighted by atomic mass is 32.2. The molecule has 1 aromatic carbocycles. The summed E-state index contributed by atoms with van der Waals surface area (Å²) >= 11 is 1.52. The maximum Gasteiger partial charge on any atom is 0.341 e. The Morgan fingerprint density at radius 2 is 1.58 bits per heavy atom. The van der Waals surface area contributed by atoms with Crippen LogP contribution in [-0.2, 0) is 21.4 Å². The zero-order chi connectivity index (χ0) is 22.9. The maximum atomic E-state index is 12.6. The van der Waals surface area contributed by atoms with Crippen molar-refractivity contribution in [2.24, 2.45) is 5.41 Å². The Bertz CT molecular complexity index is 845. The van der Waals surface area contributed by atoms with E-state index in [0.29, 0.717) is 18.6 Å². The molecule has 31 heavy (non-hydrogen) atoms. The molecule has 0 spiro atoms. The zero-order valence-corrected chi connectivity index (χ0v) is 20.1. The van der Waals surface area contributed by atoms with Crippen LogP contribution in [0, 0.1) is 5.41 Å². The van der Waals surface area contributed by atoms with Gasteiger partial charge in [0.1, 0.15) is 10.5 Å². The van der Waals surface area contributed by atoms with Crippen molar-refractivity contribution in [2.45, 2.75) is 101 Å². The second kappa shape index (κ2) is 9.05. The van der Waals surface area contributed by atoms with Gasteiger partial charge in [-0.05, 0) is 66.2 Å². The highest BCUT2D eigenvalue weighted by Crippen LogP contribution is 2.50. The smallest absolute Gasteiger partial charge is 0.341 e. The summed E-state index contributed by atoms with van der Waals surface area (Å²) in [4.78, 5) is 24.8. The van der Waals surface area contributed by atoms with E-state index in [9.17, 15) is 19.8 Å². The van der Waals surface area contributed by atoms with Crippen molar-refractivity contribution in [3.8, 4) is 5.75 Å². The molecule has 0 unspecified atom stereocenters. The lowest BCUT2D eigenvalue weighted by atomic mass is 9.77. The first kappa shape index (κ1) is 24.0. The van der Waals surface area contributed by atoms with Crippen molar-refractivity contribution in [1.29, 1.82) is 0 Å². The molecule has 172 valence electrons. The normalized spacial score (nSPS) is 25.4. The molecule has 0 amide bonds. The van der Waals surface area contributed by atoms with Crippen LogP contribution < -0.4 is 4.74 Å². The minimum absolute atomic E-state index is 0.0214. The molecule has 5 nitrogen and oxygen atoms in total. The summed E-state index contributed by atoms with van der Waals surface area (Å²) in [7, 11) is 0. The molecule has 1 aromatic rings. The molecule has 2 N–H and O–H groups in total. The topological polar surface area (TPSA) is 83.8 Å². The lowest BCUT2D eigenvalue weighted by Crippen LogP contribution is -2.35. The molecule has 0 aliphatic carbocycles. The lowest BCUT2D eigenvalue weighted by molar-refractivity contribution is -0.141. The largest absolute Gasteiger partial charge is 0.482 e. The van der Waals surface area contributed by atoms with Crippen molar-refractivity contribution in [3.63, 3.8) is 0 Å². The van der Waals surface area contributed by atoms with Crippen LogP contribution in [0.2, 0.25) is 0 Å². The van der Waals surface area contributed by atoms with Crippen LogP contribution in [0.3, 0.4) is 0 Å². The van der Waals surface area contributed by atoms with Gasteiger partial charge in [-0.2, -0.15) is 0 Å². The van der Waals surface area contributed by atoms with E-state index in [1.54, 1.807) is 0 Å². The summed E-state index contributed by atoms with van der Waals surface area (Å²) in [6.07, 6.45) is 7.85. The summed E-state index contributed by atoms with van der Waals surface area (Å²) in [5.74, 6) is -1.08. The maximum absolute atomic E-state index is 12.6. The van der Waals surface area contributed by atoms with Gasteiger partial charge in [0, 0.05) is 4.90 Å². The van der Waals surface area contributed by atoms with E-state index in [1.807, 2.05) is 6.07 Å². The van der Waals surface area contributed by atoms with Gasteiger partial charge in [0.15, 0.2) is 6.61 Å². The van der Waals surface area contributed by atoms with E-state index < -0.39 is 16.7 Å². The molecule has 0 saturated carbocycles. The number of carbonyl (C=O) groups is 2. The van der Waals surface area contributed by atoms with Gasteiger partial charge in [-0.15, -0.1) is 11.8 Å². The number of carboxylic acids is 2. The van der Waals surface area contributed by atoms with Crippen LogP contribution in [0.1, 0.15) is 90.2 Å². The van der Waals surface area contributed by atoms with E-state index in [1.165, 1.54) is 11.8 Å². The average molecular weight is 449 g/mol. The minimum Gasteiger partial charge on any atom is -0.482 e. The van der Waals surface area contributed by atoms with Crippen molar-refractivity contribution in [1.82, 2.24) is 0 Å². The number of benzene rings is 1. The third-order valence-electron chi connectivity index (χ3n) is 6.92. The molecule has 3 bridgehead atoms. The molecule has 2 aliphatic rings. The van der Waals surface area contributed by atoms with Crippen LogP contribution in [0.5, 0.6) is 5.75 Å². The van der Waals surface area contributed by atoms with Gasteiger partial charge >= 0.3 is 11.9 Å². The fourth-order valence-corrected chi connectivity index (χ4v) is 6.70. The van der Waals surface area contributed by atoms with E-state index in [0.717, 1.165) is 61.0 Å². The predicted molar refractivity (Wildman–Crippen MR) is 123 cm³/mol. The van der Waals surface area contributed by atoms with Crippen LogP contribution >= 0.6 is 11.8 Å². The molecule has 0 fully saturated rings. The van der Waals surface area contributed by atoms with E-state index in [-0.39, 0.29) is 17.4 Å². The quantitative estimate of drug-likeness (QED) is 0.582. The van der Waals surface area contributed by atoms with Gasteiger partial charge in [0.25, 0.3) is 0 Å². The van der Waals surface area contributed by atoms with Gasteiger partial charge < -0.3 is 14.9 Å². The molecular formula is C25H36O5S. The average Bonchev–Trinajstić information content (AvgIpc) is 2.69. The van der Waals surface area contributed by atoms with Crippen LogP contribution in [-0.4, -0.2) is 33.5 Å². The molecule has 2 aliphatic heterocycles. The van der Waals surface area contributed by atoms with Gasteiger partial charge in [-0.25, -0.2) is 4.79 Å². The Balaban J connectivity index is 2.21. The summed E-state index contributed by atoms with van der Waals surface area (Å²) in [6, 6.07) is 4.11. The Kier molecular flexibility index (Phi) is 6.99. The summed E-state index contributed by atoms with van der Waals surface area (Å²) < 4.78 is 4.96. The number of rotatable bonds is 4. The van der Waals surface area contributed by atoms with Gasteiger partial charge in [0.05, 0.1) is 0 Å². The molecule has 3 rings (SSSR count). The Hall–Kier alpha value is -1.69. The molecule has 1 atom stereocenters. The number of thioether (sulfide) groups is 1. The highest BCUT2D eigenvalue weighted by molar-refractivity contribution is 8.01. The Labute approximate surface area is 190 Å². The number of carboxylic acid groups (broad SMARTS) is 2. The van der Waals surface area contributed by atoms with E-state index >= 15 is 0 Å². The highest BCUT2D eigenvalue weighted by Gasteiger charge is 2.42. The number of aliphatic carboxylic acids is 2. The van der Waals surface area contributed by atoms with E-state index in [2.05, 4.69) is 33.8 Å². The fraction of sp³-hybridized carbons (Fsp3) is 0.680. The van der Waals surface area contributed by atoms with Gasteiger partial charge in [0.2, 0.25) is 0 Å². The molecule has 0 radical (unpaired) electrons. The SMILES string of the molecule is CC1(C)CCCC[C@]2(C(=O)O)CCCCC(C)(C)c3cc(OCC(=O)O)c(cc3S2)C1. The summed E-state index contributed by atoms with van der Waals surface area (Å²) in [5.41, 5.74) is 1.93. The van der Waals surface area contributed by atoms with E-state index in [4.69, 9.17) is 4.74 Å². The minimum atomic E-state index is -0.995. The molecule has 0 saturated heterocycles. The van der Waals surface area contributed by atoms with Crippen molar-refractivity contribution >= 4 is 23.7 Å². The third kappa shape index (κ3) is 5.57. The van der Waals surface area contributed by atoms with Crippen LogP contribution in [0.4, 0.5) is 0 Å². The van der Waals surface area contributed by atoms with Crippen LogP contribution in [0.15, 0.2) is 17.0 Å². The van der Waals surface area contributed by atoms with Crippen molar-refractivity contribution in [2.75, 3.05) is 6.61 Å². The Morgan fingerprint density at radius 1 is 0.968 bits per heavy atom. The first-order chi connectivity index (χ1) is 14.4. The second-order valence-corrected chi connectivity index (χ2v) is 12.1. The van der Waals surface area contributed by atoms with Crippen LogP contribution in [0.25, 0.3) is 0 Å². The Morgan fingerprint density at radius 3 is 2.19 bits per heavy atom.